The molecule has 4 heteroatoms. The lowest BCUT2D eigenvalue weighted by atomic mass is 10.2. The summed E-state index contributed by atoms with van der Waals surface area (Å²) in [7, 11) is 0. The Morgan fingerprint density at radius 2 is 1.75 bits per heavy atom. The second-order valence-electron chi connectivity index (χ2n) is 5.71. The summed E-state index contributed by atoms with van der Waals surface area (Å²) < 4.78 is 5.29. The number of benzene rings is 1. The molecule has 20 heavy (non-hydrogen) atoms. The molecule has 2 aliphatic heterocycles. The van der Waals surface area contributed by atoms with Crippen molar-refractivity contribution in [3.05, 3.63) is 35.9 Å². The zero-order chi connectivity index (χ0) is 13.8. The Kier molecular flexibility index (Phi) is 4.33. The molecule has 2 aliphatic rings. The predicted molar refractivity (Wildman–Crippen MR) is 77.3 cm³/mol. The van der Waals surface area contributed by atoms with Gasteiger partial charge < -0.3 is 4.74 Å². The first-order chi connectivity index (χ1) is 9.79. The maximum Gasteiger partial charge on any atom is 0.306 e. The van der Waals surface area contributed by atoms with Crippen LogP contribution in [0.4, 0.5) is 0 Å². The van der Waals surface area contributed by atoms with Crippen LogP contribution in [0.3, 0.4) is 0 Å². The molecular formula is C16H22N2O2. The molecule has 2 saturated heterocycles. The third-order valence-corrected chi connectivity index (χ3v) is 4.14. The highest BCUT2D eigenvalue weighted by atomic mass is 16.5. The van der Waals surface area contributed by atoms with Crippen LogP contribution in [0.2, 0.25) is 0 Å². The summed E-state index contributed by atoms with van der Waals surface area (Å²) in [6.07, 6.45) is 1.62. The summed E-state index contributed by atoms with van der Waals surface area (Å²) in [6.45, 7) is 6.27. The molecule has 108 valence electrons. The molecule has 0 unspecified atom stereocenters. The van der Waals surface area contributed by atoms with Gasteiger partial charge in [-0.1, -0.05) is 30.3 Å². The lowest BCUT2D eigenvalue weighted by Gasteiger charge is -2.35. The standard InChI is InChI=1S/C16H22N2O2/c19-16-7-6-15(20-16)13-18-10-8-17(9-11-18)12-14-4-2-1-3-5-14/h1-5,15H,6-13H2/t15-/m1/s1. The molecule has 0 N–H and O–H groups in total. The van der Waals surface area contributed by atoms with E-state index >= 15 is 0 Å². The molecule has 1 atom stereocenters. The van der Waals surface area contributed by atoms with Crippen LogP contribution >= 0.6 is 0 Å². The van der Waals surface area contributed by atoms with Crippen LogP contribution in [0.25, 0.3) is 0 Å². The van der Waals surface area contributed by atoms with Gasteiger partial charge in [0.15, 0.2) is 0 Å². The van der Waals surface area contributed by atoms with Crippen LogP contribution in [-0.4, -0.2) is 54.6 Å². The minimum absolute atomic E-state index is 0.0299. The molecule has 0 bridgehead atoms. The number of nitrogens with zero attached hydrogens (tertiary/aromatic N) is 2. The van der Waals surface area contributed by atoms with Crippen molar-refractivity contribution in [3.63, 3.8) is 0 Å². The molecule has 4 nitrogen and oxygen atoms in total. The van der Waals surface area contributed by atoms with Crippen molar-refractivity contribution < 1.29 is 9.53 Å². The summed E-state index contributed by atoms with van der Waals surface area (Å²) in [6, 6.07) is 10.6. The lowest BCUT2D eigenvalue weighted by molar-refractivity contribution is -0.142. The summed E-state index contributed by atoms with van der Waals surface area (Å²) >= 11 is 0. The average molecular weight is 274 g/mol. The van der Waals surface area contributed by atoms with Gasteiger partial charge in [-0.15, -0.1) is 0 Å². The Balaban J connectivity index is 1.42. The Labute approximate surface area is 120 Å². The number of ether oxygens (including phenoxy) is 1. The number of hydrogen-bond acceptors (Lipinski definition) is 4. The summed E-state index contributed by atoms with van der Waals surface area (Å²) in [5.41, 5.74) is 1.38. The van der Waals surface area contributed by atoms with Gasteiger partial charge in [-0.3, -0.25) is 14.6 Å². The maximum atomic E-state index is 11.1. The molecule has 0 spiro atoms. The van der Waals surface area contributed by atoms with Gasteiger partial charge in [0.05, 0.1) is 0 Å². The van der Waals surface area contributed by atoms with Crippen molar-refractivity contribution in [2.24, 2.45) is 0 Å². The van der Waals surface area contributed by atoms with Crippen molar-refractivity contribution in [3.8, 4) is 0 Å². The molecule has 2 fully saturated rings. The fourth-order valence-electron chi connectivity index (χ4n) is 2.97. The number of esters is 1. The lowest BCUT2D eigenvalue weighted by Crippen LogP contribution is -2.48. The van der Waals surface area contributed by atoms with Gasteiger partial charge in [0, 0.05) is 45.7 Å². The van der Waals surface area contributed by atoms with Crippen LogP contribution in [0.1, 0.15) is 18.4 Å². The van der Waals surface area contributed by atoms with Gasteiger partial charge in [-0.05, 0) is 12.0 Å². The van der Waals surface area contributed by atoms with E-state index in [4.69, 9.17) is 4.74 Å². The number of piperazine rings is 1. The first-order valence-corrected chi connectivity index (χ1v) is 7.48. The Bertz CT molecular complexity index is 441. The highest BCUT2D eigenvalue weighted by molar-refractivity contribution is 5.71. The molecule has 0 aliphatic carbocycles. The van der Waals surface area contributed by atoms with Gasteiger partial charge in [0.25, 0.3) is 0 Å². The third-order valence-electron chi connectivity index (χ3n) is 4.14. The van der Waals surface area contributed by atoms with E-state index in [2.05, 4.69) is 40.1 Å². The molecule has 2 heterocycles. The van der Waals surface area contributed by atoms with Crippen molar-refractivity contribution in [1.29, 1.82) is 0 Å². The zero-order valence-corrected chi connectivity index (χ0v) is 11.8. The summed E-state index contributed by atoms with van der Waals surface area (Å²) in [5.74, 6) is -0.0299. The van der Waals surface area contributed by atoms with E-state index in [0.29, 0.717) is 6.42 Å². The molecule has 1 aromatic carbocycles. The van der Waals surface area contributed by atoms with Crippen LogP contribution in [-0.2, 0) is 16.1 Å². The molecule has 3 rings (SSSR count). The van der Waals surface area contributed by atoms with Crippen LogP contribution in [0.15, 0.2) is 30.3 Å². The van der Waals surface area contributed by atoms with Crippen molar-refractivity contribution in [1.82, 2.24) is 9.80 Å². The third kappa shape index (κ3) is 3.58. The van der Waals surface area contributed by atoms with E-state index in [-0.39, 0.29) is 12.1 Å². The number of carbonyl (C=O) groups is 1. The monoisotopic (exact) mass is 274 g/mol. The minimum Gasteiger partial charge on any atom is -0.461 e. The van der Waals surface area contributed by atoms with E-state index in [9.17, 15) is 4.79 Å². The fraction of sp³-hybridized carbons (Fsp3) is 0.562. The summed E-state index contributed by atoms with van der Waals surface area (Å²) in [5, 5.41) is 0. The van der Waals surface area contributed by atoms with Gasteiger partial charge in [-0.25, -0.2) is 0 Å². The Hall–Kier alpha value is -1.39. The van der Waals surface area contributed by atoms with Crippen LogP contribution in [0.5, 0.6) is 0 Å². The van der Waals surface area contributed by atoms with E-state index in [1.807, 2.05) is 0 Å². The van der Waals surface area contributed by atoms with E-state index in [1.165, 1.54) is 5.56 Å². The topological polar surface area (TPSA) is 32.8 Å². The Morgan fingerprint density at radius 3 is 2.40 bits per heavy atom. The highest BCUT2D eigenvalue weighted by Crippen LogP contribution is 2.16. The number of cyclic esters (lactones) is 1. The smallest absolute Gasteiger partial charge is 0.306 e. The molecule has 0 amide bonds. The second-order valence-corrected chi connectivity index (χ2v) is 5.71. The van der Waals surface area contributed by atoms with E-state index in [1.54, 1.807) is 0 Å². The molecule has 0 saturated carbocycles. The zero-order valence-electron chi connectivity index (χ0n) is 11.8. The van der Waals surface area contributed by atoms with Gasteiger partial charge in [0.1, 0.15) is 6.10 Å². The first-order valence-electron chi connectivity index (χ1n) is 7.48. The first kappa shape index (κ1) is 13.6. The second kappa shape index (κ2) is 6.37. The quantitative estimate of drug-likeness (QED) is 0.779. The van der Waals surface area contributed by atoms with Crippen molar-refractivity contribution >= 4 is 5.97 Å². The Morgan fingerprint density at radius 1 is 1.05 bits per heavy atom. The summed E-state index contributed by atoms with van der Waals surface area (Å²) in [4.78, 5) is 16.0. The maximum absolute atomic E-state index is 11.1. The number of carbonyl (C=O) groups excluding carboxylic acids is 1. The minimum atomic E-state index is -0.0299. The highest BCUT2D eigenvalue weighted by Gasteiger charge is 2.26. The van der Waals surface area contributed by atoms with Gasteiger partial charge in [-0.2, -0.15) is 0 Å². The van der Waals surface area contributed by atoms with E-state index < -0.39 is 0 Å². The molecule has 1 aromatic rings. The number of hydrogen-bond donors (Lipinski definition) is 0. The fourth-order valence-corrected chi connectivity index (χ4v) is 2.97. The normalized spacial score (nSPS) is 24.8. The predicted octanol–water partition coefficient (Wildman–Crippen LogP) is 1.51. The SMILES string of the molecule is O=C1CC[C@H](CN2CCN(Cc3ccccc3)CC2)O1. The number of rotatable bonds is 4. The van der Waals surface area contributed by atoms with Crippen LogP contribution in [0, 0.1) is 0 Å². The molecular weight excluding hydrogens is 252 g/mol. The molecule has 0 aromatic heterocycles. The van der Waals surface area contributed by atoms with Gasteiger partial charge in [0.2, 0.25) is 0 Å². The average Bonchev–Trinajstić information content (AvgIpc) is 2.88. The van der Waals surface area contributed by atoms with Crippen LogP contribution < -0.4 is 0 Å². The molecule has 0 radical (unpaired) electrons. The van der Waals surface area contributed by atoms with Gasteiger partial charge >= 0.3 is 5.97 Å². The van der Waals surface area contributed by atoms with Crippen molar-refractivity contribution in [2.45, 2.75) is 25.5 Å². The van der Waals surface area contributed by atoms with E-state index in [0.717, 1.165) is 45.7 Å². The van der Waals surface area contributed by atoms with Crippen molar-refractivity contribution in [2.75, 3.05) is 32.7 Å². The largest absolute Gasteiger partial charge is 0.461 e.